The molecule has 1 saturated heterocycles. The van der Waals surface area contributed by atoms with Crippen LogP contribution < -0.4 is 9.62 Å². The summed E-state index contributed by atoms with van der Waals surface area (Å²) in [5, 5.41) is -0.115. The summed E-state index contributed by atoms with van der Waals surface area (Å²) in [5.74, 6) is -0.100. The summed E-state index contributed by atoms with van der Waals surface area (Å²) < 4.78 is 64.7. The van der Waals surface area contributed by atoms with Crippen molar-refractivity contribution >= 4 is 33.3 Å². The van der Waals surface area contributed by atoms with E-state index in [0.717, 1.165) is 12.3 Å². The summed E-state index contributed by atoms with van der Waals surface area (Å²) in [6.45, 7) is 2.90. The molecule has 1 amide bonds. The first-order valence-electron chi connectivity index (χ1n) is 9.25. The monoisotopic (exact) mass is 476 g/mol. The van der Waals surface area contributed by atoms with Gasteiger partial charge in [0.1, 0.15) is 5.82 Å². The third-order valence-corrected chi connectivity index (χ3v) is 6.72. The van der Waals surface area contributed by atoms with E-state index in [1.807, 2.05) is 0 Å². The van der Waals surface area contributed by atoms with Crippen molar-refractivity contribution in [2.75, 3.05) is 38.1 Å². The molecule has 1 aliphatic heterocycles. The van der Waals surface area contributed by atoms with Gasteiger partial charge in [0.25, 0.3) is 5.91 Å². The van der Waals surface area contributed by atoms with Crippen LogP contribution in [-0.4, -0.2) is 57.4 Å². The van der Waals surface area contributed by atoms with Crippen LogP contribution in [0.15, 0.2) is 35.4 Å². The average Bonchev–Trinajstić information content (AvgIpc) is 2.73. The number of piperazine rings is 1. The Morgan fingerprint density at radius 1 is 1.16 bits per heavy atom. The second kappa shape index (κ2) is 8.64. The highest BCUT2D eigenvalue weighted by atomic mass is 35.5. The lowest BCUT2D eigenvalue weighted by molar-refractivity contribution is -0.137. The van der Waals surface area contributed by atoms with Crippen LogP contribution in [-0.2, 0) is 16.2 Å². The van der Waals surface area contributed by atoms with Gasteiger partial charge in [0, 0.05) is 37.9 Å². The quantitative estimate of drug-likeness (QED) is 0.733. The van der Waals surface area contributed by atoms with Crippen LogP contribution in [0.2, 0.25) is 5.02 Å². The third-order valence-electron chi connectivity index (χ3n) is 5.03. The van der Waals surface area contributed by atoms with Crippen LogP contribution in [0.3, 0.4) is 0 Å². The van der Waals surface area contributed by atoms with Crippen molar-refractivity contribution < 1.29 is 26.4 Å². The van der Waals surface area contributed by atoms with E-state index in [-0.39, 0.29) is 40.3 Å². The van der Waals surface area contributed by atoms with Crippen LogP contribution >= 0.6 is 11.6 Å². The van der Waals surface area contributed by atoms with E-state index in [1.54, 1.807) is 22.8 Å². The van der Waals surface area contributed by atoms with Crippen LogP contribution in [0.5, 0.6) is 0 Å². The summed E-state index contributed by atoms with van der Waals surface area (Å²) in [5.41, 5.74) is -0.0210. The molecule has 0 aliphatic carbocycles. The molecular weight excluding hydrogens is 457 g/mol. The third kappa shape index (κ3) is 4.94. The second-order valence-corrected chi connectivity index (χ2v) is 9.28. The van der Waals surface area contributed by atoms with Gasteiger partial charge in [-0.1, -0.05) is 17.7 Å². The maximum absolute atomic E-state index is 13.0. The normalized spacial score (nSPS) is 15.3. The van der Waals surface area contributed by atoms with Crippen molar-refractivity contribution in [3.63, 3.8) is 0 Å². The highest BCUT2D eigenvalue weighted by Crippen LogP contribution is 2.33. The fraction of sp³-hybridized carbons (Fsp3) is 0.368. The molecule has 7 nitrogen and oxygen atoms in total. The highest BCUT2D eigenvalue weighted by Gasteiger charge is 2.32. The predicted octanol–water partition coefficient (Wildman–Crippen LogP) is 2.93. The lowest BCUT2D eigenvalue weighted by Gasteiger charge is -2.36. The van der Waals surface area contributed by atoms with Gasteiger partial charge >= 0.3 is 6.18 Å². The first-order chi connectivity index (χ1) is 14.4. The number of pyridine rings is 1. The smallest absolute Gasteiger partial charge is 0.352 e. The highest BCUT2D eigenvalue weighted by molar-refractivity contribution is 7.89. The number of alkyl halides is 3. The Morgan fingerprint density at radius 3 is 2.35 bits per heavy atom. The summed E-state index contributed by atoms with van der Waals surface area (Å²) in [4.78, 5) is 20.1. The Labute approximate surface area is 182 Å². The van der Waals surface area contributed by atoms with Crippen LogP contribution in [0.1, 0.15) is 21.5 Å². The van der Waals surface area contributed by atoms with Gasteiger partial charge in [0.2, 0.25) is 10.0 Å². The SMILES string of the molecule is CNS(=O)(=O)c1ccc(C)c(C(=O)N2CCN(c3ncc(C(F)(F)F)cc3Cl)CC2)c1. The fourth-order valence-electron chi connectivity index (χ4n) is 3.23. The number of benzene rings is 1. The van der Waals surface area contributed by atoms with Gasteiger partial charge in [-0.2, -0.15) is 13.2 Å². The van der Waals surface area contributed by atoms with E-state index >= 15 is 0 Å². The van der Waals surface area contributed by atoms with Crippen LogP contribution in [0.4, 0.5) is 19.0 Å². The lowest BCUT2D eigenvalue weighted by atomic mass is 10.1. The van der Waals surface area contributed by atoms with E-state index in [0.29, 0.717) is 18.7 Å². The molecule has 1 fully saturated rings. The Bertz CT molecular complexity index is 1100. The van der Waals surface area contributed by atoms with Crippen molar-refractivity contribution in [2.24, 2.45) is 0 Å². The molecule has 2 aromatic rings. The molecule has 0 unspecified atom stereocenters. The zero-order valence-corrected chi connectivity index (χ0v) is 18.3. The Balaban J connectivity index is 1.74. The number of aryl methyl sites for hydroxylation is 1. The minimum atomic E-state index is -4.53. The molecule has 168 valence electrons. The maximum atomic E-state index is 13.0. The van der Waals surface area contributed by atoms with Gasteiger partial charge in [0.05, 0.1) is 15.5 Å². The number of carbonyl (C=O) groups excluding carboxylic acids is 1. The molecule has 0 atom stereocenters. The summed E-state index contributed by atoms with van der Waals surface area (Å²) in [6, 6.07) is 5.16. The van der Waals surface area contributed by atoms with E-state index in [2.05, 4.69) is 9.71 Å². The number of nitrogens with one attached hydrogen (secondary N) is 1. The number of hydrogen-bond acceptors (Lipinski definition) is 5. The van der Waals surface area contributed by atoms with Crippen LogP contribution in [0.25, 0.3) is 0 Å². The van der Waals surface area contributed by atoms with Gasteiger partial charge in [-0.3, -0.25) is 4.79 Å². The topological polar surface area (TPSA) is 82.6 Å². The van der Waals surface area contributed by atoms with Gasteiger partial charge in [-0.15, -0.1) is 0 Å². The second-order valence-electron chi connectivity index (χ2n) is 6.99. The molecule has 2 heterocycles. The number of halogens is 4. The molecule has 0 bridgehead atoms. The largest absolute Gasteiger partial charge is 0.417 e. The molecule has 1 aliphatic rings. The van der Waals surface area contributed by atoms with Gasteiger partial charge in [0.15, 0.2) is 0 Å². The molecule has 0 radical (unpaired) electrons. The van der Waals surface area contributed by atoms with Crippen molar-refractivity contribution in [3.8, 4) is 0 Å². The first-order valence-corrected chi connectivity index (χ1v) is 11.1. The molecule has 1 aromatic heterocycles. The molecule has 1 N–H and O–H groups in total. The van der Waals surface area contributed by atoms with Crippen molar-refractivity contribution in [3.05, 3.63) is 52.2 Å². The molecule has 1 aromatic carbocycles. The number of sulfonamides is 1. The number of hydrogen-bond donors (Lipinski definition) is 1. The Kier molecular flexibility index (Phi) is 6.49. The zero-order chi connectivity index (χ0) is 23.0. The minimum absolute atomic E-state index is 0.0108. The van der Waals surface area contributed by atoms with Crippen molar-refractivity contribution in [1.82, 2.24) is 14.6 Å². The number of amides is 1. The van der Waals surface area contributed by atoms with E-state index in [9.17, 15) is 26.4 Å². The molecular formula is C19H20ClF3N4O3S. The van der Waals surface area contributed by atoms with Crippen LogP contribution in [0, 0.1) is 6.92 Å². The number of rotatable bonds is 4. The predicted molar refractivity (Wildman–Crippen MR) is 110 cm³/mol. The molecule has 0 spiro atoms. The van der Waals surface area contributed by atoms with Crippen molar-refractivity contribution in [2.45, 2.75) is 18.0 Å². The number of nitrogens with zero attached hydrogens (tertiary/aromatic N) is 3. The molecule has 3 rings (SSSR count). The van der Waals surface area contributed by atoms with Gasteiger partial charge in [-0.05, 0) is 37.7 Å². The van der Waals surface area contributed by atoms with E-state index < -0.39 is 21.8 Å². The fourth-order valence-corrected chi connectivity index (χ4v) is 4.27. The maximum Gasteiger partial charge on any atom is 0.417 e. The van der Waals surface area contributed by atoms with Gasteiger partial charge < -0.3 is 9.80 Å². The Hall–Kier alpha value is -2.37. The van der Waals surface area contributed by atoms with E-state index in [1.165, 1.54) is 19.2 Å². The van der Waals surface area contributed by atoms with E-state index in [4.69, 9.17) is 11.6 Å². The molecule has 31 heavy (non-hydrogen) atoms. The number of carbonyl (C=O) groups is 1. The minimum Gasteiger partial charge on any atom is -0.352 e. The first kappa shape index (κ1) is 23.3. The number of anilines is 1. The summed E-state index contributed by atoms with van der Waals surface area (Å²) in [7, 11) is -2.41. The zero-order valence-electron chi connectivity index (χ0n) is 16.7. The summed E-state index contributed by atoms with van der Waals surface area (Å²) in [6.07, 6.45) is -3.80. The molecule has 12 heteroatoms. The number of aromatic nitrogens is 1. The Morgan fingerprint density at radius 2 is 1.81 bits per heavy atom. The average molecular weight is 477 g/mol. The summed E-state index contributed by atoms with van der Waals surface area (Å²) >= 11 is 6.01. The molecule has 0 saturated carbocycles. The lowest BCUT2D eigenvalue weighted by Crippen LogP contribution is -2.49. The standard InChI is InChI=1S/C19H20ClF3N4O3S/c1-12-3-4-14(31(29,30)24-2)10-15(12)18(28)27-7-5-26(6-8-27)17-16(20)9-13(11-25-17)19(21,22)23/h3-4,9-11,24H,5-8H2,1-2H3. The van der Waals surface area contributed by atoms with Crippen molar-refractivity contribution in [1.29, 1.82) is 0 Å². The van der Waals surface area contributed by atoms with Gasteiger partial charge in [-0.25, -0.2) is 18.1 Å².